The lowest BCUT2D eigenvalue weighted by atomic mass is 10.1. The second-order valence-electron chi connectivity index (χ2n) is 4.70. The van der Waals surface area contributed by atoms with Gasteiger partial charge in [-0.15, -0.1) is 0 Å². The van der Waals surface area contributed by atoms with Crippen molar-refractivity contribution >= 4 is 24.5 Å². The van der Waals surface area contributed by atoms with Gasteiger partial charge in [0.1, 0.15) is 0 Å². The Balaban J connectivity index is 0. The molecule has 0 saturated heterocycles. The van der Waals surface area contributed by atoms with E-state index in [2.05, 4.69) is 23.3 Å². The number of aliphatic carboxylic acids is 1. The Bertz CT molecular complexity index is 266. The molecule has 0 heterocycles. The van der Waals surface area contributed by atoms with Crippen LogP contribution in [0.1, 0.15) is 44.9 Å². The number of hydrogen-bond donors (Lipinski definition) is 5. The minimum atomic E-state index is -0.771. The molecule has 0 aromatic carbocycles. The molecule has 7 heteroatoms. The molecule has 126 valence electrons. The van der Waals surface area contributed by atoms with Crippen LogP contribution in [0.25, 0.3) is 0 Å². The van der Waals surface area contributed by atoms with Crippen molar-refractivity contribution in [1.29, 1.82) is 0 Å². The predicted octanol–water partition coefficient (Wildman–Crippen LogP) is 1.01. The van der Waals surface area contributed by atoms with E-state index in [-0.39, 0.29) is 12.3 Å². The zero-order valence-electron chi connectivity index (χ0n) is 13.2. The molecule has 0 bridgehead atoms. The molecule has 0 rings (SSSR count). The minimum Gasteiger partial charge on any atom is -0.481 e. The summed E-state index contributed by atoms with van der Waals surface area (Å²) in [5, 5.41) is 14.3. The Morgan fingerprint density at radius 2 is 1.71 bits per heavy atom. The highest BCUT2D eigenvalue weighted by atomic mass is 32.1. The molecule has 1 unspecified atom stereocenters. The van der Waals surface area contributed by atoms with Gasteiger partial charge in [-0.2, -0.15) is 12.6 Å². The molecule has 0 aliphatic carbocycles. The minimum absolute atomic E-state index is 0.109. The van der Waals surface area contributed by atoms with Gasteiger partial charge in [0, 0.05) is 13.0 Å². The maximum atomic E-state index is 11.6. The Morgan fingerprint density at radius 3 is 2.29 bits per heavy atom. The molecule has 21 heavy (non-hydrogen) atoms. The van der Waals surface area contributed by atoms with Crippen molar-refractivity contribution in [3.05, 3.63) is 0 Å². The van der Waals surface area contributed by atoms with Crippen LogP contribution >= 0.6 is 12.6 Å². The second kappa shape index (κ2) is 17.3. The highest BCUT2D eigenvalue weighted by Crippen LogP contribution is 2.00. The van der Waals surface area contributed by atoms with Crippen molar-refractivity contribution in [2.45, 2.75) is 51.0 Å². The van der Waals surface area contributed by atoms with Crippen molar-refractivity contribution in [2.24, 2.45) is 5.73 Å². The second-order valence-corrected chi connectivity index (χ2v) is 4.70. The first-order chi connectivity index (χ1) is 10.1. The number of carboxylic acid groups (broad SMARTS) is 1. The highest BCUT2D eigenvalue weighted by molar-refractivity contribution is 7.79. The molecule has 1 atom stereocenters. The summed E-state index contributed by atoms with van der Waals surface area (Å²) in [6.45, 7) is 1.51. The molecule has 0 aromatic rings. The Morgan fingerprint density at radius 1 is 1.10 bits per heavy atom. The Hall–Kier alpha value is -0.790. The molecular formula is C14H31N3O3S. The van der Waals surface area contributed by atoms with E-state index in [9.17, 15) is 9.59 Å². The fourth-order valence-electron chi connectivity index (χ4n) is 1.72. The molecule has 6 nitrogen and oxygen atoms in total. The zero-order valence-corrected chi connectivity index (χ0v) is 14.1. The van der Waals surface area contributed by atoms with Crippen LogP contribution < -0.4 is 16.4 Å². The summed E-state index contributed by atoms with van der Waals surface area (Å²) in [4.78, 5) is 21.9. The number of thiol groups is 1. The van der Waals surface area contributed by atoms with Crippen LogP contribution in [0.5, 0.6) is 0 Å². The molecule has 0 saturated carbocycles. The molecule has 0 aliphatic heterocycles. The maximum absolute atomic E-state index is 11.6. The number of rotatable bonds is 12. The summed E-state index contributed by atoms with van der Waals surface area (Å²) in [5.74, 6) is -0.879. The van der Waals surface area contributed by atoms with Crippen LogP contribution in [0.4, 0.5) is 0 Å². The Labute approximate surface area is 133 Å². The van der Waals surface area contributed by atoms with Crippen LogP contribution in [-0.4, -0.2) is 49.4 Å². The van der Waals surface area contributed by atoms with E-state index in [1.165, 1.54) is 0 Å². The normalized spacial score (nSPS) is 11.2. The summed E-state index contributed by atoms with van der Waals surface area (Å²) >= 11 is 3.53. The number of nitrogens with one attached hydrogen (secondary N) is 2. The number of amides is 1. The standard InChI is InChI=1S/C13H27N3O3.CH4S/c1-15-9-6-4-7-11(14)13(19)16-10-5-2-3-8-12(17)18;1-2/h11,15H,2-10,14H2,1H3,(H,16,19)(H,17,18);2H,1H3. The van der Waals surface area contributed by atoms with Crippen LogP contribution in [0.15, 0.2) is 0 Å². The largest absolute Gasteiger partial charge is 0.481 e. The summed E-state index contributed by atoms with van der Waals surface area (Å²) < 4.78 is 0. The third kappa shape index (κ3) is 17.2. The van der Waals surface area contributed by atoms with Crippen molar-refractivity contribution in [3.63, 3.8) is 0 Å². The van der Waals surface area contributed by atoms with Gasteiger partial charge in [0.2, 0.25) is 5.91 Å². The fraction of sp³-hybridized carbons (Fsp3) is 0.857. The lowest BCUT2D eigenvalue weighted by molar-refractivity contribution is -0.137. The SMILES string of the molecule is CNCCCCC(N)C(=O)NCCCCCC(=O)O.CS. The van der Waals surface area contributed by atoms with Gasteiger partial charge in [-0.3, -0.25) is 9.59 Å². The third-order valence-corrected chi connectivity index (χ3v) is 2.90. The first-order valence-electron chi connectivity index (χ1n) is 7.42. The topological polar surface area (TPSA) is 104 Å². The van der Waals surface area contributed by atoms with Crippen molar-refractivity contribution < 1.29 is 14.7 Å². The predicted molar refractivity (Wildman–Crippen MR) is 89.8 cm³/mol. The number of nitrogens with two attached hydrogens (primary N) is 1. The van der Waals surface area contributed by atoms with Gasteiger partial charge in [-0.25, -0.2) is 0 Å². The van der Waals surface area contributed by atoms with E-state index in [1.54, 1.807) is 6.26 Å². The average molecular weight is 321 g/mol. The molecular weight excluding hydrogens is 290 g/mol. The number of hydrogen-bond acceptors (Lipinski definition) is 5. The molecule has 0 fully saturated rings. The lowest BCUT2D eigenvalue weighted by Gasteiger charge is -2.12. The summed E-state index contributed by atoms with van der Waals surface area (Å²) in [6, 6.07) is -0.434. The van der Waals surface area contributed by atoms with Gasteiger partial charge in [-0.1, -0.05) is 12.8 Å². The number of unbranched alkanes of at least 4 members (excludes halogenated alkanes) is 3. The average Bonchev–Trinajstić information content (AvgIpc) is 2.48. The van der Waals surface area contributed by atoms with Crippen LogP contribution in [0, 0.1) is 0 Å². The van der Waals surface area contributed by atoms with Gasteiger partial charge in [0.25, 0.3) is 0 Å². The maximum Gasteiger partial charge on any atom is 0.303 e. The molecule has 0 radical (unpaired) electrons. The molecule has 0 aromatic heterocycles. The monoisotopic (exact) mass is 321 g/mol. The van der Waals surface area contributed by atoms with E-state index in [1.807, 2.05) is 7.05 Å². The van der Waals surface area contributed by atoms with Gasteiger partial charge < -0.3 is 21.5 Å². The van der Waals surface area contributed by atoms with E-state index >= 15 is 0 Å². The zero-order chi connectivity index (χ0) is 16.5. The molecule has 0 aliphatic rings. The Kier molecular flexibility index (Phi) is 18.5. The molecule has 0 spiro atoms. The van der Waals surface area contributed by atoms with E-state index in [0.717, 1.165) is 32.2 Å². The van der Waals surface area contributed by atoms with Gasteiger partial charge in [0.15, 0.2) is 0 Å². The number of carboxylic acids is 1. The quantitative estimate of drug-likeness (QED) is 0.273. The van der Waals surface area contributed by atoms with Crippen molar-refractivity contribution in [1.82, 2.24) is 10.6 Å². The van der Waals surface area contributed by atoms with Crippen LogP contribution in [0.2, 0.25) is 0 Å². The first kappa shape index (κ1) is 22.5. The number of carbonyl (C=O) groups excluding carboxylic acids is 1. The first-order valence-corrected chi connectivity index (χ1v) is 8.31. The molecule has 1 amide bonds. The summed E-state index contributed by atoms with van der Waals surface area (Å²) in [6.07, 6.45) is 6.81. The summed E-state index contributed by atoms with van der Waals surface area (Å²) in [5.41, 5.74) is 5.77. The van der Waals surface area contributed by atoms with E-state index in [4.69, 9.17) is 10.8 Å². The number of carbonyl (C=O) groups is 2. The lowest BCUT2D eigenvalue weighted by Crippen LogP contribution is -2.40. The van der Waals surface area contributed by atoms with E-state index in [0.29, 0.717) is 19.4 Å². The smallest absolute Gasteiger partial charge is 0.303 e. The van der Waals surface area contributed by atoms with Crippen molar-refractivity contribution in [2.75, 3.05) is 26.4 Å². The van der Waals surface area contributed by atoms with Gasteiger partial charge in [-0.05, 0) is 45.5 Å². The molecule has 5 N–H and O–H groups in total. The highest BCUT2D eigenvalue weighted by Gasteiger charge is 2.11. The third-order valence-electron chi connectivity index (χ3n) is 2.90. The fourth-order valence-corrected chi connectivity index (χ4v) is 1.72. The van der Waals surface area contributed by atoms with Crippen LogP contribution in [-0.2, 0) is 9.59 Å². The van der Waals surface area contributed by atoms with Crippen molar-refractivity contribution in [3.8, 4) is 0 Å². The van der Waals surface area contributed by atoms with Gasteiger partial charge >= 0.3 is 5.97 Å². The summed E-state index contributed by atoms with van der Waals surface area (Å²) in [7, 11) is 1.90. The van der Waals surface area contributed by atoms with E-state index < -0.39 is 12.0 Å². The van der Waals surface area contributed by atoms with Crippen LogP contribution in [0.3, 0.4) is 0 Å². The van der Waals surface area contributed by atoms with Gasteiger partial charge in [0.05, 0.1) is 6.04 Å².